The van der Waals surface area contributed by atoms with Crippen LogP contribution in [0.2, 0.25) is 0 Å². The molecule has 0 aliphatic rings. The van der Waals surface area contributed by atoms with E-state index in [1.807, 2.05) is 12.1 Å². The van der Waals surface area contributed by atoms with Crippen molar-refractivity contribution in [2.24, 2.45) is 5.92 Å². The van der Waals surface area contributed by atoms with Crippen LogP contribution in [0.4, 0.5) is 0 Å². The second-order valence-corrected chi connectivity index (χ2v) is 5.69. The molecule has 0 spiro atoms. The highest BCUT2D eigenvalue weighted by Crippen LogP contribution is 2.17. The molecule has 0 amide bonds. The number of rotatable bonds is 8. The van der Waals surface area contributed by atoms with E-state index in [9.17, 15) is 0 Å². The molecule has 1 aromatic carbocycles. The van der Waals surface area contributed by atoms with Crippen LogP contribution in [0.3, 0.4) is 0 Å². The Kier molecular flexibility index (Phi) is 6.89. The quantitative estimate of drug-likeness (QED) is 0.781. The van der Waals surface area contributed by atoms with E-state index in [1.165, 1.54) is 12.0 Å². The molecule has 0 heterocycles. The van der Waals surface area contributed by atoms with E-state index < -0.39 is 0 Å². The summed E-state index contributed by atoms with van der Waals surface area (Å²) in [5.41, 5.74) is 1.21. The van der Waals surface area contributed by atoms with Gasteiger partial charge in [0, 0.05) is 24.7 Å². The molecule has 1 atom stereocenters. The van der Waals surface area contributed by atoms with Crippen LogP contribution in [0.1, 0.15) is 25.8 Å². The van der Waals surface area contributed by atoms with Crippen LogP contribution in [0.15, 0.2) is 24.3 Å². The van der Waals surface area contributed by atoms with E-state index in [0.717, 1.165) is 24.8 Å². The summed E-state index contributed by atoms with van der Waals surface area (Å²) in [7, 11) is 6.02. The van der Waals surface area contributed by atoms with E-state index >= 15 is 0 Å². The standard InChI is InChI=1S/C16H28N2O/c1-13(2)10-15(18(3)4)12-17-11-14-8-6-7-9-16(14)19-5/h6-9,13,15,17H,10-12H2,1-5H3. The van der Waals surface area contributed by atoms with Gasteiger partial charge >= 0.3 is 0 Å². The van der Waals surface area contributed by atoms with Crippen molar-refractivity contribution in [1.82, 2.24) is 10.2 Å². The first-order valence-corrected chi connectivity index (χ1v) is 7.03. The first kappa shape index (κ1) is 16.0. The number of methoxy groups -OCH3 is 1. The molecule has 3 heteroatoms. The number of benzene rings is 1. The minimum atomic E-state index is 0.578. The monoisotopic (exact) mass is 264 g/mol. The van der Waals surface area contributed by atoms with Crippen LogP contribution in [0.5, 0.6) is 5.75 Å². The molecule has 0 saturated heterocycles. The zero-order chi connectivity index (χ0) is 14.3. The van der Waals surface area contributed by atoms with E-state index in [-0.39, 0.29) is 0 Å². The van der Waals surface area contributed by atoms with Crippen LogP contribution in [-0.4, -0.2) is 38.7 Å². The molecule has 0 bridgehead atoms. The van der Waals surface area contributed by atoms with Crippen molar-refractivity contribution < 1.29 is 4.74 Å². The number of likely N-dealkylation sites (N-methyl/N-ethyl adjacent to an activating group) is 1. The van der Waals surface area contributed by atoms with E-state index in [0.29, 0.717) is 6.04 Å². The maximum Gasteiger partial charge on any atom is 0.123 e. The Balaban J connectivity index is 2.47. The normalized spacial score (nSPS) is 13.0. The number of ether oxygens (including phenoxy) is 1. The molecule has 1 rings (SSSR count). The van der Waals surface area contributed by atoms with Crippen LogP contribution in [-0.2, 0) is 6.54 Å². The van der Waals surface area contributed by atoms with Crippen molar-refractivity contribution in [3.05, 3.63) is 29.8 Å². The highest BCUT2D eigenvalue weighted by Gasteiger charge is 2.13. The van der Waals surface area contributed by atoms with Crippen molar-refractivity contribution in [3.63, 3.8) is 0 Å². The van der Waals surface area contributed by atoms with Gasteiger partial charge in [0.2, 0.25) is 0 Å². The summed E-state index contributed by atoms with van der Waals surface area (Å²) in [6.07, 6.45) is 1.21. The summed E-state index contributed by atoms with van der Waals surface area (Å²) < 4.78 is 5.36. The molecule has 1 unspecified atom stereocenters. The predicted molar refractivity (Wildman–Crippen MR) is 81.6 cm³/mol. The van der Waals surface area contributed by atoms with Gasteiger partial charge in [0.15, 0.2) is 0 Å². The lowest BCUT2D eigenvalue weighted by Gasteiger charge is -2.26. The van der Waals surface area contributed by atoms with Gasteiger partial charge in [-0.1, -0.05) is 32.0 Å². The van der Waals surface area contributed by atoms with Crippen LogP contribution >= 0.6 is 0 Å². The molecule has 0 fully saturated rings. The summed E-state index contributed by atoms with van der Waals surface area (Å²) in [6, 6.07) is 8.75. The third-order valence-corrected chi connectivity index (χ3v) is 3.36. The minimum Gasteiger partial charge on any atom is -0.496 e. The molecule has 3 nitrogen and oxygen atoms in total. The molecule has 19 heavy (non-hydrogen) atoms. The molecule has 0 saturated carbocycles. The lowest BCUT2D eigenvalue weighted by molar-refractivity contribution is 0.246. The molecule has 0 aromatic heterocycles. The molecule has 0 radical (unpaired) electrons. The van der Waals surface area contributed by atoms with Crippen LogP contribution in [0.25, 0.3) is 0 Å². The first-order valence-electron chi connectivity index (χ1n) is 7.03. The molecule has 1 aromatic rings. The first-order chi connectivity index (χ1) is 9.04. The van der Waals surface area contributed by atoms with Gasteiger partial charge in [0.1, 0.15) is 5.75 Å². The van der Waals surface area contributed by atoms with Gasteiger partial charge in [-0.15, -0.1) is 0 Å². The Morgan fingerprint density at radius 3 is 2.47 bits per heavy atom. The Bertz CT molecular complexity index is 364. The van der Waals surface area contributed by atoms with E-state index in [1.54, 1.807) is 7.11 Å². The van der Waals surface area contributed by atoms with Gasteiger partial charge < -0.3 is 15.0 Å². The van der Waals surface area contributed by atoms with Gasteiger partial charge in [-0.25, -0.2) is 0 Å². The number of nitrogens with one attached hydrogen (secondary N) is 1. The molecule has 0 aliphatic heterocycles. The molecular formula is C16H28N2O. The maximum absolute atomic E-state index is 5.36. The van der Waals surface area contributed by atoms with Crippen molar-refractivity contribution in [1.29, 1.82) is 0 Å². The fourth-order valence-electron chi connectivity index (χ4n) is 2.24. The van der Waals surface area contributed by atoms with Gasteiger partial charge in [-0.2, -0.15) is 0 Å². The second-order valence-electron chi connectivity index (χ2n) is 5.69. The highest BCUT2D eigenvalue weighted by molar-refractivity contribution is 5.32. The predicted octanol–water partition coefficient (Wildman–Crippen LogP) is 2.76. The van der Waals surface area contributed by atoms with E-state index in [2.05, 4.69) is 50.3 Å². The largest absolute Gasteiger partial charge is 0.496 e. The van der Waals surface area contributed by atoms with E-state index in [4.69, 9.17) is 4.74 Å². The molecule has 1 N–H and O–H groups in total. The Hall–Kier alpha value is -1.06. The fourth-order valence-corrected chi connectivity index (χ4v) is 2.24. The summed E-state index contributed by atoms with van der Waals surface area (Å²) in [5, 5.41) is 3.54. The smallest absolute Gasteiger partial charge is 0.123 e. The third kappa shape index (κ3) is 5.62. The lowest BCUT2D eigenvalue weighted by Crippen LogP contribution is -2.38. The molecule has 0 aliphatic carbocycles. The summed E-state index contributed by atoms with van der Waals surface area (Å²) >= 11 is 0. The topological polar surface area (TPSA) is 24.5 Å². The van der Waals surface area contributed by atoms with Gasteiger partial charge in [0.05, 0.1) is 7.11 Å². The zero-order valence-corrected chi connectivity index (χ0v) is 12.9. The van der Waals surface area contributed by atoms with Crippen molar-refractivity contribution in [3.8, 4) is 5.75 Å². The summed E-state index contributed by atoms with van der Waals surface area (Å²) in [4.78, 5) is 2.30. The Morgan fingerprint density at radius 1 is 1.21 bits per heavy atom. The lowest BCUT2D eigenvalue weighted by atomic mass is 10.0. The average Bonchev–Trinajstić information content (AvgIpc) is 2.37. The average molecular weight is 264 g/mol. The van der Waals surface area contributed by atoms with Crippen LogP contribution in [0, 0.1) is 5.92 Å². The van der Waals surface area contributed by atoms with Crippen LogP contribution < -0.4 is 10.1 Å². The zero-order valence-electron chi connectivity index (χ0n) is 12.9. The highest BCUT2D eigenvalue weighted by atomic mass is 16.5. The van der Waals surface area contributed by atoms with Gasteiger partial charge in [-0.05, 0) is 32.5 Å². The second kappa shape index (κ2) is 8.18. The van der Waals surface area contributed by atoms with Crippen molar-refractivity contribution in [2.45, 2.75) is 32.9 Å². The number of hydrogen-bond donors (Lipinski definition) is 1. The minimum absolute atomic E-state index is 0.578. The summed E-state index contributed by atoms with van der Waals surface area (Å²) in [5.74, 6) is 1.68. The summed E-state index contributed by atoms with van der Waals surface area (Å²) in [6.45, 7) is 6.41. The Labute approximate surface area is 118 Å². The van der Waals surface area contributed by atoms with Gasteiger partial charge in [-0.3, -0.25) is 0 Å². The number of nitrogens with zero attached hydrogens (tertiary/aromatic N) is 1. The number of hydrogen-bond acceptors (Lipinski definition) is 3. The Morgan fingerprint density at radius 2 is 1.89 bits per heavy atom. The third-order valence-electron chi connectivity index (χ3n) is 3.36. The fraction of sp³-hybridized carbons (Fsp3) is 0.625. The van der Waals surface area contributed by atoms with Crippen molar-refractivity contribution in [2.75, 3.05) is 27.7 Å². The van der Waals surface area contributed by atoms with Gasteiger partial charge in [0.25, 0.3) is 0 Å². The molecule has 108 valence electrons. The molecular weight excluding hydrogens is 236 g/mol. The maximum atomic E-state index is 5.36. The van der Waals surface area contributed by atoms with Crippen molar-refractivity contribution >= 4 is 0 Å². The SMILES string of the molecule is COc1ccccc1CNCC(CC(C)C)N(C)C. The number of para-hydroxylation sites is 1.